The molecule has 7 N–H and O–H groups in total. The molecule has 20 heavy (non-hydrogen) atoms. The molecule has 1 aliphatic rings. The molecular weight excluding hydrogens is 268 g/mol. The van der Waals surface area contributed by atoms with Gasteiger partial charge in [0.25, 0.3) is 0 Å². The summed E-state index contributed by atoms with van der Waals surface area (Å²) in [5, 5.41) is 36.2. The molecule has 0 saturated carbocycles. The number of hydrogen-bond acceptors (Lipinski definition) is 9. The number of aromatic nitrogens is 4. The Morgan fingerprint density at radius 1 is 1.20 bits per heavy atom. The number of rotatable bonds is 2. The van der Waals surface area contributed by atoms with Gasteiger partial charge in [-0.1, -0.05) is 0 Å². The summed E-state index contributed by atoms with van der Waals surface area (Å²) in [5.41, 5.74) is 12.1. The number of nitrogens with zero attached hydrogens (tertiary/aromatic N) is 4. The second-order valence-corrected chi connectivity index (χ2v) is 4.55. The number of hydrogen-bond donors (Lipinski definition) is 5. The van der Waals surface area contributed by atoms with Crippen LogP contribution in [0.2, 0.25) is 0 Å². The summed E-state index contributed by atoms with van der Waals surface area (Å²) in [5.74, 6) is 0.170. The van der Waals surface area contributed by atoms with Gasteiger partial charge in [0.05, 0.1) is 12.9 Å². The summed E-state index contributed by atoms with van der Waals surface area (Å²) in [6.07, 6.45) is -2.92. The molecule has 10 heteroatoms. The minimum Gasteiger partial charge on any atom is -0.394 e. The summed E-state index contributed by atoms with van der Waals surface area (Å²) >= 11 is 0. The Labute approximate surface area is 112 Å². The normalized spacial score (nSPS) is 30.1. The van der Waals surface area contributed by atoms with E-state index in [0.717, 1.165) is 0 Å². The quantitative estimate of drug-likeness (QED) is 0.403. The van der Waals surface area contributed by atoms with Crippen LogP contribution >= 0.6 is 0 Å². The van der Waals surface area contributed by atoms with Gasteiger partial charge in [-0.15, -0.1) is 10.2 Å². The second kappa shape index (κ2) is 4.52. The van der Waals surface area contributed by atoms with Crippen LogP contribution in [0, 0.1) is 0 Å². The maximum atomic E-state index is 10.0. The zero-order valence-electron chi connectivity index (χ0n) is 10.3. The summed E-state index contributed by atoms with van der Waals surface area (Å²) in [6, 6.07) is 0. The fourth-order valence-electron chi connectivity index (χ4n) is 2.31. The summed E-state index contributed by atoms with van der Waals surface area (Å²) in [7, 11) is 0. The van der Waals surface area contributed by atoms with Crippen molar-refractivity contribution < 1.29 is 20.1 Å². The van der Waals surface area contributed by atoms with Crippen LogP contribution in [0.4, 0.5) is 11.6 Å². The molecule has 4 atom stereocenters. The zero-order chi connectivity index (χ0) is 14.4. The van der Waals surface area contributed by atoms with Gasteiger partial charge in [0.15, 0.2) is 17.9 Å². The van der Waals surface area contributed by atoms with Crippen molar-refractivity contribution in [3.63, 3.8) is 0 Å². The number of aliphatic hydroxyl groups excluding tert-OH is 3. The van der Waals surface area contributed by atoms with Crippen molar-refractivity contribution in [2.24, 2.45) is 0 Å². The molecule has 0 aliphatic carbocycles. The van der Waals surface area contributed by atoms with Crippen molar-refractivity contribution in [1.82, 2.24) is 19.7 Å². The number of nitrogen functional groups attached to an aromatic ring is 2. The third-order valence-corrected chi connectivity index (χ3v) is 3.34. The maximum Gasteiger partial charge on any atom is 0.174 e. The van der Waals surface area contributed by atoms with Crippen LogP contribution in [0.15, 0.2) is 6.33 Å². The Morgan fingerprint density at radius 3 is 2.55 bits per heavy atom. The SMILES string of the molecule is Nc1nnc(N)c2c1ncn2[C@@H]1O[C@H](CO)[C@@H](O)[C@H]1O. The van der Waals surface area contributed by atoms with Gasteiger partial charge < -0.3 is 31.5 Å². The largest absolute Gasteiger partial charge is 0.394 e. The number of imidazole rings is 1. The molecule has 1 aliphatic heterocycles. The average Bonchev–Trinajstić information content (AvgIpc) is 2.99. The smallest absolute Gasteiger partial charge is 0.174 e. The van der Waals surface area contributed by atoms with Crippen molar-refractivity contribution in [1.29, 1.82) is 0 Å². The molecule has 2 aromatic heterocycles. The highest BCUT2D eigenvalue weighted by Crippen LogP contribution is 2.33. The van der Waals surface area contributed by atoms with E-state index in [4.69, 9.17) is 21.3 Å². The van der Waals surface area contributed by atoms with E-state index in [1.807, 2.05) is 0 Å². The highest BCUT2D eigenvalue weighted by molar-refractivity contribution is 5.91. The predicted octanol–water partition coefficient (Wildman–Crippen LogP) is -2.40. The predicted molar refractivity (Wildman–Crippen MR) is 67.2 cm³/mol. The highest BCUT2D eigenvalue weighted by Gasteiger charge is 2.44. The molecule has 0 bridgehead atoms. The maximum absolute atomic E-state index is 10.0. The molecule has 3 rings (SSSR count). The van der Waals surface area contributed by atoms with Gasteiger partial charge in [0, 0.05) is 0 Å². The molecule has 0 spiro atoms. The van der Waals surface area contributed by atoms with E-state index < -0.39 is 31.1 Å². The lowest BCUT2D eigenvalue weighted by atomic mass is 10.1. The molecule has 1 fully saturated rings. The van der Waals surface area contributed by atoms with Crippen LogP contribution in [0.25, 0.3) is 11.0 Å². The molecule has 0 radical (unpaired) electrons. The first-order valence-corrected chi connectivity index (χ1v) is 5.91. The summed E-state index contributed by atoms with van der Waals surface area (Å²) in [4.78, 5) is 4.05. The number of aliphatic hydroxyl groups is 3. The van der Waals surface area contributed by atoms with E-state index in [1.165, 1.54) is 10.9 Å². The Morgan fingerprint density at radius 2 is 1.90 bits per heavy atom. The van der Waals surface area contributed by atoms with E-state index in [1.54, 1.807) is 0 Å². The van der Waals surface area contributed by atoms with Crippen molar-refractivity contribution in [3.05, 3.63) is 6.33 Å². The van der Waals surface area contributed by atoms with E-state index in [0.29, 0.717) is 11.0 Å². The molecule has 0 aromatic carbocycles. The van der Waals surface area contributed by atoms with Crippen LogP contribution in [-0.2, 0) is 4.74 Å². The zero-order valence-corrected chi connectivity index (χ0v) is 10.3. The van der Waals surface area contributed by atoms with Crippen LogP contribution < -0.4 is 11.5 Å². The van der Waals surface area contributed by atoms with E-state index in [9.17, 15) is 10.2 Å². The third-order valence-electron chi connectivity index (χ3n) is 3.34. The minimum absolute atomic E-state index is 0.0736. The summed E-state index contributed by atoms with van der Waals surface area (Å²) in [6.45, 7) is -0.418. The van der Waals surface area contributed by atoms with Crippen LogP contribution in [-0.4, -0.2) is 60.0 Å². The number of anilines is 2. The first-order chi connectivity index (χ1) is 9.54. The van der Waals surface area contributed by atoms with Gasteiger partial charge >= 0.3 is 0 Å². The van der Waals surface area contributed by atoms with Crippen LogP contribution in [0.3, 0.4) is 0 Å². The van der Waals surface area contributed by atoms with Crippen LogP contribution in [0.1, 0.15) is 6.23 Å². The number of ether oxygens (including phenoxy) is 1. The number of fused-ring (bicyclic) bond motifs is 1. The van der Waals surface area contributed by atoms with Crippen molar-refractivity contribution in [2.75, 3.05) is 18.1 Å². The number of nitrogens with two attached hydrogens (primary N) is 2. The van der Waals surface area contributed by atoms with Gasteiger partial charge in [0.2, 0.25) is 0 Å². The lowest BCUT2D eigenvalue weighted by Crippen LogP contribution is -2.33. The third kappa shape index (κ3) is 1.70. The molecule has 0 unspecified atom stereocenters. The molecule has 10 nitrogen and oxygen atoms in total. The van der Waals surface area contributed by atoms with Crippen molar-refractivity contribution >= 4 is 22.7 Å². The standard InChI is InChI=1S/C10H14N6O4/c11-8-4-5(9(12)15-14-8)16(2-13-4)10-7(19)6(18)3(1-17)20-10/h2-3,6-7,10,17-19H,1H2,(H2,11,14)(H2,12,15)/t3-,6-,7-,10-/m1/s1. The molecule has 0 amide bonds. The van der Waals surface area contributed by atoms with E-state index in [2.05, 4.69) is 15.2 Å². The molecule has 1 saturated heterocycles. The van der Waals surface area contributed by atoms with Crippen LogP contribution in [0.5, 0.6) is 0 Å². The monoisotopic (exact) mass is 282 g/mol. The first kappa shape index (κ1) is 13.0. The molecule has 2 aromatic rings. The Kier molecular flexibility index (Phi) is 2.94. The van der Waals surface area contributed by atoms with Gasteiger partial charge in [-0.3, -0.25) is 4.57 Å². The molecule has 108 valence electrons. The van der Waals surface area contributed by atoms with Gasteiger partial charge in [-0.2, -0.15) is 0 Å². The van der Waals surface area contributed by atoms with Crippen molar-refractivity contribution in [3.8, 4) is 0 Å². The van der Waals surface area contributed by atoms with E-state index in [-0.39, 0.29) is 11.6 Å². The lowest BCUT2D eigenvalue weighted by molar-refractivity contribution is -0.0508. The topological polar surface area (TPSA) is 166 Å². The van der Waals surface area contributed by atoms with Gasteiger partial charge in [0.1, 0.15) is 29.3 Å². The average molecular weight is 282 g/mol. The van der Waals surface area contributed by atoms with Crippen molar-refractivity contribution in [2.45, 2.75) is 24.5 Å². The Hall–Kier alpha value is -2.01. The van der Waals surface area contributed by atoms with Gasteiger partial charge in [-0.25, -0.2) is 4.98 Å². The summed E-state index contributed by atoms with van der Waals surface area (Å²) < 4.78 is 6.83. The fourth-order valence-corrected chi connectivity index (χ4v) is 2.31. The molecule has 3 heterocycles. The first-order valence-electron chi connectivity index (χ1n) is 5.91. The molecular formula is C10H14N6O4. The fraction of sp³-hybridized carbons (Fsp3) is 0.500. The highest BCUT2D eigenvalue weighted by atomic mass is 16.6. The minimum atomic E-state index is -1.24. The Bertz CT molecular complexity index is 646. The van der Waals surface area contributed by atoms with Gasteiger partial charge in [-0.05, 0) is 0 Å². The second-order valence-electron chi connectivity index (χ2n) is 4.55. The lowest BCUT2D eigenvalue weighted by Gasteiger charge is -2.17. The Balaban J connectivity index is 2.10. The van der Waals surface area contributed by atoms with E-state index >= 15 is 0 Å².